The van der Waals surface area contributed by atoms with Crippen LogP contribution in [0.4, 0.5) is 5.82 Å². The van der Waals surface area contributed by atoms with Gasteiger partial charge in [0.2, 0.25) is 5.88 Å². The number of hydrogen-bond acceptors (Lipinski definition) is 4. The van der Waals surface area contributed by atoms with E-state index in [9.17, 15) is 5.11 Å². The molecule has 0 bridgehead atoms. The number of aliphatic imine (C=N–C) groups is 1. The zero-order chi connectivity index (χ0) is 14.3. The number of rotatable bonds is 2. The molecule has 6 heteroatoms. The summed E-state index contributed by atoms with van der Waals surface area (Å²) in [6.07, 6.45) is 5.05. The molecule has 102 valence electrons. The molecule has 0 atom stereocenters. The van der Waals surface area contributed by atoms with Crippen LogP contribution in [0, 0.1) is 0 Å². The molecule has 3 rings (SSSR count). The van der Waals surface area contributed by atoms with Crippen LogP contribution in [0.1, 0.15) is 36.8 Å². The lowest BCUT2D eigenvalue weighted by molar-refractivity contribution is 0.453. The number of aromatic nitrogens is 3. The van der Waals surface area contributed by atoms with Crippen molar-refractivity contribution in [3.8, 4) is 5.88 Å². The first-order valence-corrected chi connectivity index (χ1v) is 6.63. The summed E-state index contributed by atoms with van der Waals surface area (Å²) in [7, 11) is 0. The fourth-order valence-electron chi connectivity index (χ4n) is 1.99. The average Bonchev–Trinajstić information content (AvgIpc) is 2.95. The van der Waals surface area contributed by atoms with Crippen LogP contribution in [0.25, 0.3) is 11.6 Å². The third-order valence-corrected chi connectivity index (χ3v) is 3.25. The Morgan fingerprint density at radius 2 is 2.20 bits per heavy atom. The van der Waals surface area contributed by atoms with E-state index in [1.54, 1.807) is 24.6 Å². The molecular weight excluding hydrogens is 276 g/mol. The third kappa shape index (κ3) is 2.20. The predicted molar refractivity (Wildman–Crippen MR) is 79.6 cm³/mol. The Kier molecular flexibility index (Phi) is 3.06. The van der Waals surface area contributed by atoms with Gasteiger partial charge >= 0.3 is 0 Å². The second-order valence-electron chi connectivity index (χ2n) is 4.90. The Balaban J connectivity index is 2.03. The summed E-state index contributed by atoms with van der Waals surface area (Å²) >= 11 is 5.95. The van der Waals surface area contributed by atoms with Crippen LogP contribution >= 0.6 is 11.6 Å². The molecule has 0 radical (unpaired) electrons. The van der Waals surface area contributed by atoms with Crippen molar-refractivity contribution >= 4 is 35.3 Å². The molecule has 0 aliphatic carbocycles. The van der Waals surface area contributed by atoms with Gasteiger partial charge in [-0.1, -0.05) is 25.4 Å². The summed E-state index contributed by atoms with van der Waals surface area (Å²) in [6, 6.07) is 1.81. The van der Waals surface area contributed by atoms with E-state index in [1.807, 2.05) is 13.8 Å². The number of aromatic amines is 1. The number of nitrogens with one attached hydrogen (secondary N) is 1. The van der Waals surface area contributed by atoms with E-state index in [0.717, 1.165) is 17.0 Å². The van der Waals surface area contributed by atoms with Gasteiger partial charge in [0, 0.05) is 29.5 Å². The van der Waals surface area contributed by atoms with Crippen LogP contribution < -0.4 is 0 Å². The minimum absolute atomic E-state index is 0.0157. The van der Waals surface area contributed by atoms with Gasteiger partial charge in [-0.05, 0) is 12.1 Å². The molecular formula is C14H13ClN4O. The van der Waals surface area contributed by atoms with Gasteiger partial charge in [0.1, 0.15) is 11.5 Å². The normalized spacial score (nSPS) is 15.3. The summed E-state index contributed by atoms with van der Waals surface area (Å²) in [4.78, 5) is 15.6. The van der Waals surface area contributed by atoms with Gasteiger partial charge in [-0.15, -0.1) is 0 Å². The number of aromatic hydroxyl groups is 1. The van der Waals surface area contributed by atoms with Gasteiger partial charge in [-0.3, -0.25) is 0 Å². The smallest absolute Gasteiger partial charge is 0.237 e. The standard InChI is InChI=1S/C14H13ClN4O/c1-7(2)12-18-11(14(20)19-12)3-8-5-16-13-10(8)4-9(15)6-17-13/h3-7,20H,1-2H3,(H,18,19). The first-order chi connectivity index (χ1) is 9.54. The van der Waals surface area contributed by atoms with Crippen molar-refractivity contribution in [1.29, 1.82) is 0 Å². The lowest BCUT2D eigenvalue weighted by atomic mass is 10.1. The van der Waals surface area contributed by atoms with E-state index in [-0.39, 0.29) is 11.8 Å². The summed E-state index contributed by atoms with van der Waals surface area (Å²) in [6.45, 7) is 4.01. The van der Waals surface area contributed by atoms with E-state index in [1.165, 1.54) is 0 Å². The molecule has 2 aromatic rings. The van der Waals surface area contributed by atoms with E-state index in [0.29, 0.717) is 16.5 Å². The van der Waals surface area contributed by atoms with E-state index in [2.05, 4.69) is 19.9 Å². The first-order valence-electron chi connectivity index (χ1n) is 6.25. The van der Waals surface area contributed by atoms with Crippen molar-refractivity contribution in [2.45, 2.75) is 19.8 Å². The topological polar surface area (TPSA) is 74.2 Å². The molecule has 2 N–H and O–H groups in total. The molecule has 0 saturated heterocycles. The van der Waals surface area contributed by atoms with Crippen LogP contribution in [0.15, 0.2) is 17.3 Å². The van der Waals surface area contributed by atoms with E-state index >= 15 is 0 Å². The number of allylic oxidation sites excluding steroid dienone is 1. The number of pyridine rings is 1. The van der Waals surface area contributed by atoms with E-state index in [4.69, 9.17) is 11.6 Å². The maximum atomic E-state index is 9.87. The second-order valence-corrected chi connectivity index (χ2v) is 5.33. The van der Waals surface area contributed by atoms with Crippen molar-refractivity contribution in [2.24, 2.45) is 4.99 Å². The molecule has 0 saturated carbocycles. The van der Waals surface area contributed by atoms with Gasteiger partial charge in [0.05, 0.1) is 5.02 Å². The maximum absolute atomic E-state index is 9.87. The molecule has 0 spiro atoms. The van der Waals surface area contributed by atoms with Crippen LogP contribution in [0.3, 0.4) is 0 Å². The highest BCUT2D eigenvalue weighted by molar-refractivity contribution is 6.31. The molecule has 1 aliphatic rings. The predicted octanol–water partition coefficient (Wildman–Crippen LogP) is 3.54. The molecule has 0 aromatic carbocycles. The number of hydrogen-bond donors (Lipinski definition) is 2. The Morgan fingerprint density at radius 1 is 1.40 bits per heavy atom. The Labute approximate surface area is 121 Å². The van der Waals surface area contributed by atoms with Gasteiger partial charge in [-0.2, -0.15) is 4.98 Å². The van der Waals surface area contributed by atoms with Crippen LogP contribution in [-0.4, -0.2) is 26.3 Å². The first kappa shape index (κ1) is 12.9. The van der Waals surface area contributed by atoms with Crippen LogP contribution in [-0.2, 0) is 0 Å². The second kappa shape index (κ2) is 4.76. The molecule has 5 nitrogen and oxygen atoms in total. The zero-order valence-electron chi connectivity index (χ0n) is 11.1. The van der Waals surface area contributed by atoms with Crippen molar-refractivity contribution < 1.29 is 5.11 Å². The van der Waals surface area contributed by atoms with Crippen molar-refractivity contribution in [2.75, 3.05) is 0 Å². The third-order valence-electron chi connectivity index (χ3n) is 3.05. The quantitative estimate of drug-likeness (QED) is 0.887. The molecule has 0 unspecified atom stereocenters. The Hall–Kier alpha value is -2.14. The molecule has 1 aliphatic heterocycles. The highest BCUT2D eigenvalue weighted by Crippen LogP contribution is 2.33. The highest BCUT2D eigenvalue weighted by Gasteiger charge is 2.16. The van der Waals surface area contributed by atoms with E-state index < -0.39 is 0 Å². The molecule has 0 amide bonds. The number of fused-ring (bicyclic) bond motifs is 1. The average molecular weight is 289 g/mol. The minimum Gasteiger partial charge on any atom is -0.492 e. The summed E-state index contributed by atoms with van der Waals surface area (Å²) < 4.78 is 0. The summed E-state index contributed by atoms with van der Waals surface area (Å²) in [5.74, 6) is 1.57. The van der Waals surface area contributed by atoms with Gasteiger partial charge in [0.15, 0.2) is 5.82 Å². The molecule has 20 heavy (non-hydrogen) atoms. The summed E-state index contributed by atoms with van der Waals surface area (Å²) in [5, 5.41) is 10.4. The molecule has 3 heterocycles. The number of halogens is 1. The SMILES string of the molecule is CC(C)c1nc(O)c(C=C2C=Nc3ncc(Cl)cc32)[nH]1. The number of H-pyrrole nitrogens is 1. The Bertz CT molecular complexity index is 731. The van der Waals surface area contributed by atoms with Crippen molar-refractivity contribution in [3.05, 3.63) is 34.4 Å². The zero-order valence-corrected chi connectivity index (χ0v) is 11.8. The largest absolute Gasteiger partial charge is 0.492 e. The van der Waals surface area contributed by atoms with Crippen LogP contribution in [0.2, 0.25) is 5.02 Å². The fourth-order valence-corrected chi connectivity index (χ4v) is 2.15. The molecule has 2 aromatic heterocycles. The lowest BCUT2D eigenvalue weighted by Gasteiger charge is -1.99. The Morgan fingerprint density at radius 3 is 2.90 bits per heavy atom. The fraction of sp³-hybridized carbons (Fsp3) is 0.214. The number of imidazole rings is 1. The minimum atomic E-state index is -0.0157. The maximum Gasteiger partial charge on any atom is 0.237 e. The van der Waals surface area contributed by atoms with Crippen molar-refractivity contribution in [1.82, 2.24) is 15.0 Å². The van der Waals surface area contributed by atoms with Gasteiger partial charge < -0.3 is 10.1 Å². The van der Waals surface area contributed by atoms with Crippen LogP contribution in [0.5, 0.6) is 5.88 Å². The summed E-state index contributed by atoms with van der Waals surface area (Å²) in [5.41, 5.74) is 2.24. The lowest BCUT2D eigenvalue weighted by Crippen LogP contribution is -1.89. The van der Waals surface area contributed by atoms with Gasteiger partial charge in [-0.25, -0.2) is 9.98 Å². The van der Waals surface area contributed by atoms with Gasteiger partial charge in [0.25, 0.3) is 0 Å². The highest BCUT2D eigenvalue weighted by atomic mass is 35.5. The number of nitrogens with zero attached hydrogens (tertiary/aromatic N) is 3. The monoisotopic (exact) mass is 288 g/mol. The molecule has 0 fully saturated rings. The van der Waals surface area contributed by atoms with Crippen molar-refractivity contribution in [3.63, 3.8) is 0 Å².